The summed E-state index contributed by atoms with van der Waals surface area (Å²) in [6.07, 6.45) is 0.532. The molecule has 0 radical (unpaired) electrons. The van der Waals surface area contributed by atoms with E-state index in [0.717, 1.165) is 11.3 Å². The van der Waals surface area contributed by atoms with E-state index in [1.165, 1.54) is 11.8 Å². The number of amides is 2. The van der Waals surface area contributed by atoms with Crippen LogP contribution in [0.3, 0.4) is 0 Å². The number of anilines is 1. The third-order valence-electron chi connectivity index (χ3n) is 3.41. The number of para-hydroxylation sites is 1. The monoisotopic (exact) mass is 262 g/mol. The number of likely N-dealkylation sites (N-methyl/N-ethyl adjacent to an activating group) is 1. The van der Waals surface area contributed by atoms with Crippen molar-refractivity contribution >= 4 is 17.5 Å². The fourth-order valence-electron chi connectivity index (χ4n) is 2.49. The Labute approximate surface area is 112 Å². The van der Waals surface area contributed by atoms with Gasteiger partial charge in [-0.25, -0.2) is 0 Å². The summed E-state index contributed by atoms with van der Waals surface area (Å²) < 4.78 is 0. The second-order valence-corrected chi connectivity index (χ2v) is 4.72. The number of hydrogen-bond acceptors (Lipinski definition) is 3. The number of benzene rings is 1. The van der Waals surface area contributed by atoms with Gasteiger partial charge in [-0.1, -0.05) is 18.2 Å². The predicted molar refractivity (Wildman–Crippen MR) is 71.8 cm³/mol. The molecule has 1 atom stereocenters. The number of hydrogen-bond donors (Lipinski definition) is 1. The highest BCUT2D eigenvalue weighted by molar-refractivity contribution is 6.02. The smallest absolute Gasteiger partial charge is 0.245 e. The van der Waals surface area contributed by atoms with Gasteiger partial charge in [0.05, 0.1) is 6.61 Å². The molecule has 2 rings (SSSR count). The van der Waals surface area contributed by atoms with Gasteiger partial charge >= 0.3 is 0 Å². The molecule has 1 heterocycles. The first-order valence-corrected chi connectivity index (χ1v) is 6.29. The Kier molecular flexibility index (Phi) is 3.85. The van der Waals surface area contributed by atoms with Crippen molar-refractivity contribution < 1.29 is 14.7 Å². The number of carbonyl (C=O) groups excluding carboxylic acids is 2. The zero-order chi connectivity index (χ0) is 14.0. The first kappa shape index (κ1) is 13.5. The normalized spacial score (nSPS) is 17.2. The number of nitrogens with zero attached hydrogens (tertiary/aromatic N) is 2. The largest absolute Gasteiger partial charge is 0.395 e. The molecule has 1 aliphatic rings. The summed E-state index contributed by atoms with van der Waals surface area (Å²) >= 11 is 0. The molecular weight excluding hydrogens is 244 g/mol. The zero-order valence-electron chi connectivity index (χ0n) is 11.2. The molecule has 0 saturated heterocycles. The highest BCUT2D eigenvalue weighted by Gasteiger charge is 2.37. The molecule has 19 heavy (non-hydrogen) atoms. The van der Waals surface area contributed by atoms with Gasteiger partial charge in [-0.15, -0.1) is 0 Å². The van der Waals surface area contributed by atoms with Gasteiger partial charge in [0.1, 0.15) is 6.04 Å². The van der Waals surface area contributed by atoms with Crippen molar-refractivity contribution in [3.8, 4) is 0 Å². The van der Waals surface area contributed by atoms with Crippen molar-refractivity contribution in [3.05, 3.63) is 29.8 Å². The van der Waals surface area contributed by atoms with Crippen LogP contribution in [-0.2, 0) is 16.0 Å². The Hall–Kier alpha value is -1.88. The minimum atomic E-state index is -0.494. The molecule has 0 spiro atoms. The molecule has 0 aliphatic carbocycles. The average Bonchev–Trinajstić information content (AvgIpc) is 2.77. The first-order valence-electron chi connectivity index (χ1n) is 6.29. The van der Waals surface area contributed by atoms with Crippen LogP contribution in [0.5, 0.6) is 0 Å². The molecule has 1 aromatic rings. The molecule has 1 aromatic carbocycles. The van der Waals surface area contributed by atoms with Crippen LogP contribution in [0.2, 0.25) is 0 Å². The second-order valence-electron chi connectivity index (χ2n) is 4.72. The topological polar surface area (TPSA) is 60.9 Å². The van der Waals surface area contributed by atoms with Gasteiger partial charge in [0.25, 0.3) is 0 Å². The summed E-state index contributed by atoms with van der Waals surface area (Å²) in [5.41, 5.74) is 1.82. The van der Waals surface area contributed by atoms with Gasteiger partial charge in [0.15, 0.2) is 0 Å². The van der Waals surface area contributed by atoms with Crippen molar-refractivity contribution in [2.45, 2.75) is 19.4 Å². The Morgan fingerprint density at radius 1 is 1.42 bits per heavy atom. The highest BCUT2D eigenvalue weighted by Crippen LogP contribution is 2.32. The number of aliphatic hydroxyl groups excluding tert-OH is 1. The molecular formula is C14H18N2O3. The van der Waals surface area contributed by atoms with Crippen LogP contribution in [0.1, 0.15) is 12.5 Å². The molecule has 5 heteroatoms. The third kappa shape index (κ3) is 2.46. The molecule has 1 aliphatic heterocycles. The molecule has 0 saturated carbocycles. The highest BCUT2D eigenvalue weighted by atomic mass is 16.3. The predicted octanol–water partition coefficient (Wildman–Crippen LogP) is 0.415. The van der Waals surface area contributed by atoms with E-state index < -0.39 is 6.04 Å². The Morgan fingerprint density at radius 2 is 2.11 bits per heavy atom. The summed E-state index contributed by atoms with van der Waals surface area (Å²) in [7, 11) is 1.64. The van der Waals surface area contributed by atoms with E-state index in [9.17, 15) is 9.59 Å². The Balaban J connectivity index is 2.28. The van der Waals surface area contributed by atoms with E-state index in [1.807, 2.05) is 24.3 Å². The Bertz CT molecular complexity index is 501. The maximum atomic E-state index is 12.3. The number of carbonyl (C=O) groups is 2. The van der Waals surface area contributed by atoms with E-state index in [2.05, 4.69) is 0 Å². The number of rotatable bonds is 3. The molecule has 5 nitrogen and oxygen atoms in total. The average molecular weight is 262 g/mol. The van der Waals surface area contributed by atoms with E-state index >= 15 is 0 Å². The maximum absolute atomic E-state index is 12.3. The van der Waals surface area contributed by atoms with Crippen molar-refractivity contribution in [3.63, 3.8) is 0 Å². The van der Waals surface area contributed by atoms with Crippen LogP contribution in [0.4, 0.5) is 5.69 Å². The van der Waals surface area contributed by atoms with Gasteiger partial charge in [0.2, 0.25) is 11.8 Å². The molecule has 2 amide bonds. The quantitative estimate of drug-likeness (QED) is 0.858. The van der Waals surface area contributed by atoms with Crippen molar-refractivity contribution in [2.75, 3.05) is 25.1 Å². The summed E-state index contributed by atoms with van der Waals surface area (Å²) in [4.78, 5) is 27.2. The molecule has 102 valence electrons. The lowest BCUT2D eigenvalue weighted by atomic mass is 10.1. The lowest BCUT2D eigenvalue weighted by Gasteiger charge is -2.27. The second kappa shape index (κ2) is 5.40. The maximum Gasteiger partial charge on any atom is 0.245 e. The standard InChI is InChI=1S/C14H18N2O3/c1-10(18)16-12-6-4-3-5-11(12)9-13(16)14(19)15(2)7-8-17/h3-6,13,17H,7-9H2,1-2H3/t13-/m0/s1. The number of fused-ring (bicyclic) bond motifs is 1. The lowest BCUT2D eigenvalue weighted by molar-refractivity contribution is -0.133. The van der Waals surface area contributed by atoms with E-state index in [4.69, 9.17) is 5.11 Å². The third-order valence-corrected chi connectivity index (χ3v) is 3.41. The summed E-state index contributed by atoms with van der Waals surface area (Å²) in [5.74, 6) is -0.277. The molecule has 0 fully saturated rings. The van der Waals surface area contributed by atoms with Crippen molar-refractivity contribution in [1.29, 1.82) is 0 Å². The van der Waals surface area contributed by atoms with Crippen LogP contribution < -0.4 is 4.90 Å². The van der Waals surface area contributed by atoms with Crippen molar-refractivity contribution in [2.24, 2.45) is 0 Å². The van der Waals surface area contributed by atoms with Crippen LogP contribution in [0, 0.1) is 0 Å². The summed E-state index contributed by atoms with van der Waals surface area (Å²) in [5, 5.41) is 8.90. The minimum Gasteiger partial charge on any atom is -0.395 e. The minimum absolute atomic E-state index is 0.0814. The van der Waals surface area contributed by atoms with Gasteiger partial charge < -0.3 is 10.0 Å². The summed E-state index contributed by atoms with van der Waals surface area (Å²) in [6.45, 7) is 1.66. The van der Waals surface area contributed by atoms with Gasteiger partial charge in [-0.2, -0.15) is 0 Å². The molecule has 0 unspecified atom stereocenters. The fourth-order valence-corrected chi connectivity index (χ4v) is 2.49. The fraction of sp³-hybridized carbons (Fsp3) is 0.429. The molecule has 0 bridgehead atoms. The van der Waals surface area contributed by atoms with E-state index in [-0.39, 0.29) is 25.0 Å². The van der Waals surface area contributed by atoms with Gasteiger partial charge in [-0.05, 0) is 11.6 Å². The van der Waals surface area contributed by atoms with Gasteiger partial charge in [0, 0.05) is 32.6 Å². The first-order chi connectivity index (χ1) is 9.06. The summed E-state index contributed by atoms with van der Waals surface area (Å²) in [6, 6.07) is 7.06. The zero-order valence-corrected chi connectivity index (χ0v) is 11.2. The molecule has 1 N–H and O–H groups in total. The van der Waals surface area contributed by atoms with Gasteiger partial charge in [-0.3, -0.25) is 14.5 Å². The van der Waals surface area contributed by atoms with Crippen LogP contribution >= 0.6 is 0 Å². The molecule has 0 aromatic heterocycles. The van der Waals surface area contributed by atoms with Crippen molar-refractivity contribution in [1.82, 2.24) is 4.90 Å². The van der Waals surface area contributed by atoms with Crippen LogP contribution in [0.15, 0.2) is 24.3 Å². The van der Waals surface area contributed by atoms with E-state index in [0.29, 0.717) is 6.42 Å². The van der Waals surface area contributed by atoms with E-state index in [1.54, 1.807) is 11.9 Å². The lowest BCUT2D eigenvalue weighted by Crippen LogP contribution is -2.48. The van der Waals surface area contributed by atoms with Crippen LogP contribution in [-0.4, -0.2) is 48.1 Å². The Morgan fingerprint density at radius 3 is 2.74 bits per heavy atom. The SMILES string of the molecule is CC(=O)N1c2ccccc2C[C@H]1C(=O)N(C)CCO. The number of aliphatic hydroxyl groups is 1. The van der Waals surface area contributed by atoms with Crippen LogP contribution in [0.25, 0.3) is 0 Å².